The second-order valence-electron chi connectivity index (χ2n) is 5.19. The highest BCUT2D eigenvalue weighted by Gasteiger charge is 2.15. The van der Waals surface area contributed by atoms with Crippen molar-refractivity contribution in [2.24, 2.45) is 0 Å². The lowest BCUT2D eigenvalue weighted by atomic mass is 10.2. The second kappa shape index (κ2) is 6.88. The molecule has 1 aromatic heterocycles. The van der Waals surface area contributed by atoms with Crippen molar-refractivity contribution in [3.63, 3.8) is 0 Å². The van der Waals surface area contributed by atoms with E-state index in [0.717, 1.165) is 20.8 Å². The average Bonchev–Trinajstić information content (AvgIpc) is 3.03. The summed E-state index contributed by atoms with van der Waals surface area (Å²) in [6.45, 7) is 1.72. The fraction of sp³-hybridized carbons (Fsp3) is 0.222. The molecule has 0 aliphatic carbocycles. The van der Waals surface area contributed by atoms with Crippen LogP contribution in [0.1, 0.15) is 13.3 Å². The molecule has 0 radical (unpaired) electrons. The standard InChI is InChI=1S/C18H17NO4S/c1-3-13(18(20)21)23-14-9-8-11(10-15(14)22-2)17-19-12-6-4-5-7-16(12)24-17/h4-10,13H,3H2,1-2H3,(H,20,21)/p-1. The number of benzene rings is 2. The van der Waals surface area contributed by atoms with Gasteiger partial charge in [0.05, 0.1) is 23.3 Å². The van der Waals surface area contributed by atoms with Gasteiger partial charge < -0.3 is 19.4 Å². The summed E-state index contributed by atoms with van der Waals surface area (Å²) in [7, 11) is 1.52. The third kappa shape index (κ3) is 3.19. The van der Waals surface area contributed by atoms with Gasteiger partial charge in [-0.3, -0.25) is 0 Å². The summed E-state index contributed by atoms with van der Waals surface area (Å²) < 4.78 is 11.9. The van der Waals surface area contributed by atoms with Crippen molar-refractivity contribution in [2.45, 2.75) is 19.4 Å². The first-order valence-electron chi connectivity index (χ1n) is 7.54. The predicted octanol–water partition coefficient (Wildman–Crippen LogP) is 2.88. The van der Waals surface area contributed by atoms with E-state index in [1.54, 1.807) is 30.4 Å². The lowest BCUT2D eigenvalue weighted by Crippen LogP contribution is -2.39. The number of aromatic nitrogens is 1. The Bertz CT molecular complexity index is 841. The molecule has 6 heteroatoms. The number of methoxy groups -OCH3 is 1. The third-order valence-electron chi connectivity index (χ3n) is 3.61. The zero-order valence-corrected chi connectivity index (χ0v) is 14.1. The number of carbonyl (C=O) groups excluding carboxylic acids is 1. The van der Waals surface area contributed by atoms with Gasteiger partial charge in [0, 0.05) is 5.56 Å². The molecule has 0 spiro atoms. The molecule has 0 fully saturated rings. The van der Waals surface area contributed by atoms with Crippen LogP contribution in [0.4, 0.5) is 0 Å². The highest BCUT2D eigenvalue weighted by molar-refractivity contribution is 7.21. The Balaban J connectivity index is 1.95. The van der Waals surface area contributed by atoms with Gasteiger partial charge >= 0.3 is 0 Å². The zero-order chi connectivity index (χ0) is 17.1. The van der Waals surface area contributed by atoms with Crippen LogP contribution >= 0.6 is 11.3 Å². The van der Waals surface area contributed by atoms with Crippen LogP contribution in [0.3, 0.4) is 0 Å². The minimum Gasteiger partial charge on any atom is -0.546 e. The molecule has 1 atom stereocenters. The van der Waals surface area contributed by atoms with Crippen LogP contribution in [-0.4, -0.2) is 24.2 Å². The Kier molecular flexibility index (Phi) is 4.66. The number of thiazole rings is 1. The smallest absolute Gasteiger partial charge is 0.162 e. The summed E-state index contributed by atoms with van der Waals surface area (Å²) >= 11 is 1.59. The minimum atomic E-state index is -1.24. The van der Waals surface area contributed by atoms with Gasteiger partial charge in [-0.2, -0.15) is 0 Å². The van der Waals surface area contributed by atoms with E-state index in [-0.39, 0.29) is 0 Å². The molecule has 1 heterocycles. The third-order valence-corrected chi connectivity index (χ3v) is 4.69. The van der Waals surface area contributed by atoms with Crippen LogP contribution in [0.15, 0.2) is 42.5 Å². The van der Waals surface area contributed by atoms with Crippen molar-refractivity contribution < 1.29 is 19.4 Å². The van der Waals surface area contributed by atoms with Gasteiger partial charge in [-0.1, -0.05) is 19.1 Å². The van der Waals surface area contributed by atoms with Gasteiger partial charge in [-0.25, -0.2) is 4.98 Å². The van der Waals surface area contributed by atoms with Crippen LogP contribution in [0.5, 0.6) is 11.5 Å². The summed E-state index contributed by atoms with van der Waals surface area (Å²) in [5.74, 6) is -0.403. The second-order valence-corrected chi connectivity index (χ2v) is 6.22. The number of aliphatic carboxylic acids is 1. The highest BCUT2D eigenvalue weighted by Crippen LogP contribution is 2.36. The largest absolute Gasteiger partial charge is 0.546 e. The maximum atomic E-state index is 11.0. The molecule has 0 aliphatic heterocycles. The average molecular weight is 342 g/mol. The van der Waals surface area contributed by atoms with Crippen LogP contribution < -0.4 is 14.6 Å². The molecular weight excluding hydrogens is 326 g/mol. The van der Waals surface area contributed by atoms with Crippen molar-refractivity contribution in [2.75, 3.05) is 7.11 Å². The number of fused-ring (bicyclic) bond motifs is 1. The molecule has 3 aromatic rings. The van der Waals surface area contributed by atoms with Gasteiger partial charge in [-0.05, 0) is 36.8 Å². The van der Waals surface area contributed by atoms with E-state index in [1.807, 2.05) is 30.3 Å². The summed E-state index contributed by atoms with van der Waals surface area (Å²) in [6, 6.07) is 13.3. The summed E-state index contributed by atoms with van der Waals surface area (Å²) in [5, 5.41) is 11.9. The predicted molar refractivity (Wildman–Crippen MR) is 91.3 cm³/mol. The molecule has 0 aliphatic rings. The van der Waals surface area contributed by atoms with Gasteiger partial charge in [-0.15, -0.1) is 11.3 Å². The monoisotopic (exact) mass is 342 g/mol. The maximum Gasteiger partial charge on any atom is 0.162 e. The number of carbonyl (C=O) groups is 1. The van der Waals surface area contributed by atoms with Gasteiger partial charge in [0.15, 0.2) is 11.5 Å². The van der Waals surface area contributed by atoms with Crippen LogP contribution in [0.25, 0.3) is 20.8 Å². The number of ether oxygens (including phenoxy) is 2. The summed E-state index contributed by atoms with van der Waals surface area (Å²) in [5.41, 5.74) is 1.83. The van der Waals surface area contributed by atoms with E-state index in [2.05, 4.69) is 4.98 Å². The Morgan fingerprint density at radius 2 is 2.04 bits per heavy atom. The van der Waals surface area contributed by atoms with Gasteiger partial charge in [0.1, 0.15) is 11.1 Å². The molecule has 0 amide bonds. The minimum absolute atomic E-state index is 0.311. The zero-order valence-electron chi connectivity index (χ0n) is 13.3. The number of para-hydroxylation sites is 1. The molecular formula is C18H16NO4S-. The Morgan fingerprint density at radius 1 is 1.25 bits per heavy atom. The normalized spacial score (nSPS) is 12.1. The molecule has 0 bridgehead atoms. The summed E-state index contributed by atoms with van der Waals surface area (Å²) in [4.78, 5) is 15.6. The van der Waals surface area contributed by atoms with Gasteiger partial charge in [0.25, 0.3) is 0 Å². The molecule has 2 aromatic carbocycles. The molecule has 0 saturated heterocycles. The number of hydrogen-bond donors (Lipinski definition) is 0. The Labute approximate surface area is 143 Å². The first-order valence-corrected chi connectivity index (χ1v) is 8.35. The van der Waals surface area contributed by atoms with E-state index in [0.29, 0.717) is 17.9 Å². The topological polar surface area (TPSA) is 71.5 Å². The highest BCUT2D eigenvalue weighted by atomic mass is 32.1. The quantitative estimate of drug-likeness (QED) is 0.689. The van der Waals surface area contributed by atoms with Crippen molar-refractivity contribution in [3.8, 4) is 22.1 Å². The molecule has 0 saturated carbocycles. The summed E-state index contributed by atoms with van der Waals surface area (Å²) in [6.07, 6.45) is -0.697. The van der Waals surface area contributed by atoms with Crippen LogP contribution in [-0.2, 0) is 4.79 Å². The Morgan fingerprint density at radius 3 is 2.71 bits per heavy atom. The molecule has 1 unspecified atom stereocenters. The SMILES string of the molecule is CCC(Oc1ccc(-c2nc3ccccc3s2)cc1OC)C(=O)[O-]. The van der Waals surface area contributed by atoms with Crippen LogP contribution in [0.2, 0.25) is 0 Å². The fourth-order valence-corrected chi connectivity index (χ4v) is 3.31. The molecule has 124 valence electrons. The first-order chi connectivity index (χ1) is 11.6. The van der Waals surface area contributed by atoms with E-state index in [1.165, 1.54) is 7.11 Å². The lowest BCUT2D eigenvalue weighted by Gasteiger charge is -2.20. The number of nitrogens with zero attached hydrogens (tertiary/aromatic N) is 1. The number of rotatable bonds is 6. The van der Waals surface area contributed by atoms with E-state index in [4.69, 9.17) is 9.47 Å². The first kappa shape index (κ1) is 16.3. The molecule has 0 N–H and O–H groups in total. The van der Waals surface area contributed by atoms with Gasteiger partial charge in [0.2, 0.25) is 0 Å². The van der Waals surface area contributed by atoms with Crippen LogP contribution in [0, 0.1) is 0 Å². The van der Waals surface area contributed by atoms with Crippen molar-refractivity contribution in [1.82, 2.24) is 4.98 Å². The van der Waals surface area contributed by atoms with Crippen molar-refractivity contribution >= 4 is 27.5 Å². The number of carboxylic acids is 1. The van der Waals surface area contributed by atoms with E-state index in [9.17, 15) is 9.90 Å². The number of carboxylic acid groups (broad SMARTS) is 1. The maximum absolute atomic E-state index is 11.0. The van der Waals surface area contributed by atoms with Crippen molar-refractivity contribution in [1.29, 1.82) is 0 Å². The number of hydrogen-bond acceptors (Lipinski definition) is 6. The molecule has 3 rings (SSSR count). The lowest BCUT2D eigenvalue weighted by molar-refractivity contribution is -0.313. The molecule has 24 heavy (non-hydrogen) atoms. The fourth-order valence-electron chi connectivity index (χ4n) is 2.35. The Hall–Kier alpha value is -2.60. The van der Waals surface area contributed by atoms with Crippen molar-refractivity contribution in [3.05, 3.63) is 42.5 Å². The van der Waals surface area contributed by atoms with E-state index < -0.39 is 12.1 Å². The molecule has 5 nitrogen and oxygen atoms in total. The van der Waals surface area contributed by atoms with E-state index >= 15 is 0 Å².